The van der Waals surface area contributed by atoms with Crippen LogP contribution in [-0.2, 0) is 21.8 Å². The van der Waals surface area contributed by atoms with Gasteiger partial charge in [-0.3, -0.25) is 0 Å². The Balaban J connectivity index is 3.09. The van der Waals surface area contributed by atoms with Gasteiger partial charge in [0.05, 0.1) is 6.61 Å². The SMILES string of the molecule is CCN(CCOC)S(=O)(=O)c1c(Br)nnn1C. The molecule has 1 rings (SSSR count). The van der Waals surface area contributed by atoms with Gasteiger partial charge in [-0.05, 0) is 15.9 Å². The van der Waals surface area contributed by atoms with Crippen molar-refractivity contribution < 1.29 is 13.2 Å². The largest absolute Gasteiger partial charge is 0.383 e. The minimum atomic E-state index is -3.60. The van der Waals surface area contributed by atoms with Gasteiger partial charge >= 0.3 is 0 Å². The maximum Gasteiger partial charge on any atom is 0.263 e. The number of halogens is 1. The summed E-state index contributed by atoms with van der Waals surface area (Å²) in [7, 11) is -0.531. The maximum atomic E-state index is 12.3. The summed E-state index contributed by atoms with van der Waals surface area (Å²) in [4.78, 5) is 0. The van der Waals surface area contributed by atoms with E-state index in [4.69, 9.17) is 4.74 Å². The van der Waals surface area contributed by atoms with Crippen molar-refractivity contribution in [2.45, 2.75) is 11.9 Å². The zero-order chi connectivity index (χ0) is 13.1. The van der Waals surface area contributed by atoms with Crippen LogP contribution in [0.4, 0.5) is 0 Å². The molecule has 1 heterocycles. The molecule has 0 saturated heterocycles. The van der Waals surface area contributed by atoms with E-state index in [0.717, 1.165) is 0 Å². The van der Waals surface area contributed by atoms with E-state index in [1.54, 1.807) is 6.92 Å². The Labute approximate surface area is 109 Å². The molecular weight excluding hydrogens is 312 g/mol. The normalized spacial score (nSPS) is 12.3. The van der Waals surface area contributed by atoms with Crippen molar-refractivity contribution in [3.8, 4) is 0 Å². The average Bonchev–Trinajstić information content (AvgIpc) is 2.59. The third-order valence-corrected chi connectivity index (χ3v) is 5.08. The molecule has 0 aliphatic heterocycles. The van der Waals surface area contributed by atoms with Crippen molar-refractivity contribution in [3.05, 3.63) is 4.60 Å². The molecule has 1 aromatic rings. The van der Waals surface area contributed by atoms with E-state index >= 15 is 0 Å². The topological polar surface area (TPSA) is 77.3 Å². The minimum absolute atomic E-state index is 0.0513. The summed E-state index contributed by atoms with van der Waals surface area (Å²) < 4.78 is 32.3. The number of hydrogen-bond acceptors (Lipinski definition) is 5. The average molecular weight is 327 g/mol. The number of hydrogen-bond donors (Lipinski definition) is 0. The molecule has 0 bridgehead atoms. The van der Waals surface area contributed by atoms with Crippen molar-refractivity contribution in [2.75, 3.05) is 26.8 Å². The molecule has 98 valence electrons. The second-order valence-corrected chi connectivity index (χ2v) is 5.90. The summed E-state index contributed by atoms with van der Waals surface area (Å²) in [6.45, 7) is 2.77. The Morgan fingerprint density at radius 3 is 2.59 bits per heavy atom. The fourth-order valence-electron chi connectivity index (χ4n) is 1.36. The second kappa shape index (κ2) is 5.89. The van der Waals surface area contributed by atoms with E-state index in [9.17, 15) is 8.42 Å². The predicted molar refractivity (Wildman–Crippen MR) is 65.0 cm³/mol. The van der Waals surface area contributed by atoms with E-state index in [2.05, 4.69) is 26.2 Å². The molecule has 0 atom stereocenters. The van der Waals surface area contributed by atoms with Crippen molar-refractivity contribution in [1.82, 2.24) is 19.3 Å². The number of ether oxygens (including phenoxy) is 1. The van der Waals surface area contributed by atoms with Gasteiger partial charge in [0, 0.05) is 27.2 Å². The van der Waals surface area contributed by atoms with Crippen molar-refractivity contribution in [2.24, 2.45) is 7.05 Å². The molecule has 0 fully saturated rings. The highest BCUT2D eigenvalue weighted by molar-refractivity contribution is 9.10. The molecule has 0 spiro atoms. The Bertz CT molecular complexity index is 454. The molecule has 17 heavy (non-hydrogen) atoms. The van der Waals surface area contributed by atoms with E-state index < -0.39 is 10.0 Å². The molecule has 9 heteroatoms. The van der Waals surface area contributed by atoms with Crippen LogP contribution in [0, 0.1) is 0 Å². The number of aryl methyl sites for hydroxylation is 1. The van der Waals surface area contributed by atoms with Gasteiger partial charge in [0.2, 0.25) is 5.03 Å². The first-order chi connectivity index (χ1) is 7.95. The molecule has 0 radical (unpaired) electrons. The monoisotopic (exact) mass is 326 g/mol. The smallest absolute Gasteiger partial charge is 0.263 e. The quantitative estimate of drug-likeness (QED) is 0.748. The van der Waals surface area contributed by atoms with Crippen molar-refractivity contribution in [3.63, 3.8) is 0 Å². The summed E-state index contributed by atoms with van der Waals surface area (Å²) in [5.74, 6) is 0. The fraction of sp³-hybridized carbons (Fsp3) is 0.750. The standard InChI is InChI=1S/C8H15BrN4O3S/c1-4-13(5-6-16-3)17(14,15)8-7(9)10-11-12(8)2/h4-6H2,1-3H3. The zero-order valence-electron chi connectivity index (χ0n) is 9.92. The molecule has 0 amide bonds. The highest BCUT2D eigenvalue weighted by Crippen LogP contribution is 2.21. The summed E-state index contributed by atoms with van der Waals surface area (Å²) in [6.07, 6.45) is 0. The van der Waals surface area contributed by atoms with Gasteiger partial charge in [-0.1, -0.05) is 12.1 Å². The summed E-state index contributed by atoms with van der Waals surface area (Å²) in [5.41, 5.74) is 0. The number of aromatic nitrogens is 3. The van der Waals surface area contributed by atoms with Crippen LogP contribution in [0.5, 0.6) is 0 Å². The lowest BCUT2D eigenvalue weighted by Crippen LogP contribution is -2.35. The second-order valence-electron chi connectivity index (χ2n) is 3.30. The summed E-state index contributed by atoms with van der Waals surface area (Å²) >= 11 is 3.09. The Kier molecular flexibility index (Phi) is 5.04. The number of nitrogens with zero attached hydrogens (tertiary/aromatic N) is 4. The molecule has 0 N–H and O–H groups in total. The van der Waals surface area contributed by atoms with Gasteiger partial charge in [-0.2, -0.15) is 4.31 Å². The molecule has 0 saturated carbocycles. The number of methoxy groups -OCH3 is 1. The predicted octanol–water partition coefficient (Wildman–Crippen LogP) is 0.235. The van der Waals surface area contributed by atoms with Crippen LogP contribution in [0.25, 0.3) is 0 Å². The third kappa shape index (κ3) is 3.03. The number of sulfonamides is 1. The van der Waals surface area contributed by atoms with Crippen LogP contribution in [0.2, 0.25) is 0 Å². The molecule has 0 aliphatic rings. The van der Waals surface area contributed by atoms with E-state index in [0.29, 0.717) is 19.7 Å². The first-order valence-corrected chi connectivity index (χ1v) is 7.22. The van der Waals surface area contributed by atoms with Crippen molar-refractivity contribution in [1.29, 1.82) is 0 Å². The third-order valence-electron chi connectivity index (χ3n) is 2.22. The molecule has 1 aromatic heterocycles. The van der Waals surface area contributed by atoms with Crippen molar-refractivity contribution >= 4 is 26.0 Å². The first kappa shape index (κ1) is 14.6. The molecule has 0 aliphatic carbocycles. The summed E-state index contributed by atoms with van der Waals surface area (Å²) in [5, 5.41) is 7.39. The van der Waals surface area contributed by atoms with E-state index in [1.165, 1.54) is 23.1 Å². The van der Waals surface area contributed by atoms with Crippen LogP contribution in [0.3, 0.4) is 0 Å². The van der Waals surface area contributed by atoms with Gasteiger partial charge in [0.1, 0.15) is 0 Å². The van der Waals surface area contributed by atoms with Crippen LogP contribution in [0.1, 0.15) is 6.92 Å². The van der Waals surface area contributed by atoms with Crippen LogP contribution in [0.15, 0.2) is 9.63 Å². The lowest BCUT2D eigenvalue weighted by atomic mass is 10.6. The van der Waals surface area contributed by atoms with Crippen LogP contribution < -0.4 is 0 Å². The summed E-state index contributed by atoms with van der Waals surface area (Å²) in [6, 6.07) is 0. The lowest BCUT2D eigenvalue weighted by molar-refractivity contribution is 0.180. The highest BCUT2D eigenvalue weighted by atomic mass is 79.9. The number of likely N-dealkylation sites (N-methyl/N-ethyl adjacent to an activating group) is 1. The minimum Gasteiger partial charge on any atom is -0.383 e. The maximum absolute atomic E-state index is 12.3. The van der Waals surface area contributed by atoms with Crippen LogP contribution in [-0.4, -0.2) is 54.5 Å². The van der Waals surface area contributed by atoms with Gasteiger partial charge < -0.3 is 4.74 Å². The molecule has 0 unspecified atom stereocenters. The Hall–Kier alpha value is -0.510. The zero-order valence-corrected chi connectivity index (χ0v) is 12.3. The fourth-order valence-corrected chi connectivity index (χ4v) is 3.82. The molecule has 7 nitrogen and oxygen atoms in total. The Morgan fingerprint density at radius 1 is 1.53 bits per heavy atom. The van der Waals surface area contributed by atoms with E-state index in [-0.39, 0.29) is 9.63 Å². The van der Waals surface area contributed by atoms with E-state index in [1.807, 2.05) is 0 Å². The van der Waals surface area contributed by atoms with Gasteiger partial charge in [0.15, 0.2) is 4.60 Å². The molecule has 0 aromatic carbocycles. The highest BCUT2D eigenvalue weighted by Gasteiger charge is 2.29. The first-order valence-electron chi connectivity index (χ1n) is 4.99. The van der Waals surface area contributed by atoms with Gasteiger partial charge in [0.25, 0.3) is 10.0 Å². The van der Waals surface area contributed by atoms with Gasteiger partial charge in [-0.15, -0.1) is 5.10 Å². The Morgan fingerprint density at radius 2 is 2.18 bits per heavy atom. The van der Waals surface area contributed by atoms with Crippen LogP contribution >= 0.6 is 15.9 Å². The lowest BCUT2D eigenvalue weighted by Gasteiger charge is -2.19. The van der Waals surface area contributed by atoms with Gasteiger partial charge in [-0.25, -0.2) is 13.1 Å². The number of rotatable bonds is 6. The molecular formula is C8H15BrN4O3S.